The van der Waals surface area contributed by atoms with Gasteiger partial charge in [-0.25, -0.2) is 4.39 Å². The van der Waals surface area contributed by atoms with Gasteiger partial charge in [-0.3, -0.25) is 24.6 Å². The summed E-state index contributed by atoms with van der Waals surface area (Å²) in [5.74, 6) is -0.816. The van der Waals surface area contributed by atoms with Gasteiger partial charge in [0.05, 0.1) is 23.5 Å². The molecule has 0 aliphatic carbocycles. The van der Waals surface area contributed by atoms with Crippen LogP contribution in [0.4, 0.5) is 14.9 Å². The maximum absolute atomic E-state index is 13.0. The molecule has 0 bridgehead atoms. The molecular weight excluding hydrogens is 375 g/mol. The Balaban J connectivity index is 1.84. The second-order valence-corrected chi connectivity index (χ2v) is 6.58. The Bertz CT molecular complexity index is 959. The van der Waals surface area contributed by atoms with Crippen LogP contribution in [0.25, 0.3) is 6.08 Å². The fourth-order valence-electron chi connectivity index (χ4n) is 2.50. The van der Waals surface area contributed by atoms with E-state index in [1.807, 2.05) is 0 Å². The van der Waals surface area contributed by atoms with E-state index < -0.39 is 21.9 Å². The summed E-state index contributed by atoms with van der Waals surface area (Å²) in [5.41, 5.74) is 0.770. The minimum atomic E-state index is -0.587. The quantitative estimate of drug-likeness (QED) is 0.437. The third kappa shape index (κ3) is 3.98. The minimum Gasteiger partial charge on any atom is -0.490 e. The highest BCUT2D eigenvalue weighted by Gasteiger charge is 2.35. The average molecular weight is 388 g/mol. The normalized spacial score (nSPS) is 15.5. The van der Waals surface area contributed by atoms with Crippen molar-refractivity contribution >= 4 is 34.7 Å². The van der Waals surface area contributed by atoms with Crippen molar-refractivity contribution < 1.29 is 23.6 Å². The number of rotatable bonds is 5. The lowest BCUT2D eigenvalue weighted by Gasteiger charge is -2.12. The van der Waals surface area contributed by atoms with Gasteiger partial charge in [-0.15, -0.1) is 0 Å². The molecule has 2 aromatic carbocycles. The zero-order valence-electron chi connectivity index (χ0n) is 14.0. The van der Waals surface area contributed by atoms with E-state index in [1.54, 1.807) is 6.07 Å². The van der Waals surface area contributed by atoms with E-state index in [4.69, 9.17) is 4.74 Å². The lowest BCUT2D eigenvalue weighted by Crippen LogP contribution is -2.27. The number of hydrogen-bond donors (Lipinski definition) is 0. The number of carbonyl (C=O) groups is 2. The zero-order chi connectivity index (χ0) is 19.6. The molecule has 0 saturated carbocycles. The standard InChI is InChI=1S/C18H13FN2O5S/c1-26-15-7-4-12(8-14(15)21(24)25)9-16-17(22)20(18(23)27-16)10-11-2-5-13(19)6-3-11/h2-9H,10H2,1H3/b16-9-. The summed E-state index contributed by atoms with van der Waals surface area (Å²) < 4.78 is 17.9. The summed E-state index contributed by atoms with van der Waals surface area (Å²) in [5, 5.41) is 10.6. The van der Waals surface area contributed by atoms with Crippen LogP contribution in [0.2, 0.25) is 0 Å². The van der Waals surface area contributed by atoms with Gasteiger partial charge in [0.15, 0.2) is 5.75 Å². The van der Waals surface area contributed by atoms with Gasteiger partial charge < -0.3 is 4.74 Å². The van der Waals surface area contributed by atoms with Gasteiger partial charge in [0, 0.05) is 6.07 Å². The van der Waals surface area contributed by atoms with Crippen molar-refractivity contribution in [1.82, 2.24) is 4.90 Å². The van der Waals surface area contributed by atoms with Gasteiger partial charge in [0.2, 0.25) is 0 Å². The number of ether oxygens (including phenoxy) is 1. The summed E-state index contributed by atoms with van der Waals surface area (Å²) in [6.07, 6.45) is 1.42. The molecule has 0 atom stereocenters. The van der Waals surface area contributed by atoms with Crippen molar-refractivity contribution in [2.75, 3.05) is 7.11 Å². The van der Waals surface area contributed by atoms with Crippen molar-refractivity contribution in [3.05, 3.63) is 74.4 Å². The highest BCUT2D eigenvalue weighted by Crippen LogP contribution is 2.35. The monoisotopic (exact) mass is 388 g/mol. The molecule has 7 nitrogen and oxygen atoms in total. The Kier molecular flexibility index (Phi) is 5.22. The molecule has 3 rings (SSSR count). The number of thioether (sulfide) groups is 1. The van der Waals surface area contributed by atoms with E-state index in [9.17, 15) is 24.1 Å². The molecule has 138 valence electrons. The Hall–Kier alpha value is -3.20. The largest absolute Gasteiger partial charge is 0.490 e. The van der Waals surface area contributed by atoms with Crippen molar-refractivity contribution in [3.63, 3.8) is 0 Å². The molecule has 1 aliphatic heterocycles. The number of methoxy groups -OCH3 is 1. The van der Waals surface area contributed by atoms with Crippen LogP contribution in [0.1, 0.15) is 11.1 Å². The van der Waals surface area contributed by atoms with E-state index in [2.05, 4.69) is 0 Å². The first kappa shape index (κ1) is 18.6. The fraction of sp³-hybridized carbons (Fsp3) is 0.111. The van der Waals surface area contributed by atoms with Gasteiger partial charge in [0.1, 0.15) is 5.82 Å². The summed E-state index contributed by atoms with van der Waals surface area (Å²) in [4.78, 5) is 36.4. The first-order valence-corrected chi connectivity index (χ1v) is 8.53. The van der Waals surface area contributed by atoms with Gasteiger partial charge >= 0.3 is 5.69 Å². The Morgan fingerprint density at radius 1 is 1.22 bits per heavy atom. The summed E-state index contributed by atoms with van der Waals surface area (Å²) >= 11 is 0.747. The highest BCUT2D eigenvalue weighted by atomic mass is 32.2. The molecule has 1 heterocycles. The van der Waals surface area contributed by atoms with Gasteiger partial charge in [-0.05, 0) is 47.2 Å². The van der Waals surface area contributed by atoms with Crippen LogP contribution in [-0.2, 0) is 11.3 Å². The molecule has 9 heteroatoms. The SMILES string of the molecule is COc1ccc(/C=C2\SC(=O)N(Cc3ccc(F)cc3)C2=O)cc1[N+](=O)[O-]. The maximum atomic E-state index is 13.0. The Morgan fingerprint density at radius 3 is 2.56 bits per heavy atom. The third-order valence-electron chi connectivity index (χ3n) is 3.82. The molecule has 2 amide bonds. The van der Waals surface area contributed by atoms with Crippen LogP contribution in [0, 0.1) is 15.9 Å². The zero-order valence-corrected chi connectivity index (χ0v) is 14.9. The minimum absolute atomic E-state index is 0.0189. The predicted octanol–water partition coefficient (Wildman–Crippen LogP) is 3.98. The summed E-state index contributed by atoms with van der Waals surface area (Å²) in [6.45, 7) is 0.0189. The van der Waals surface area contributed by atoms with Crippen molar-refractivity contribution in [2.45, 2.75) is 6.54 Å². The van der Waals surface area contributed by atoms with Crippen LogP contribution in [0.3, 0.4) is 0 Å². The number of carbonyl (C=O) groups excluding carboxylic acids is 2. The van der Waals surface area contributed by atoms with Crippen LogP contribution >= 0.6 is 11.8 Å². The van der Waals surface area contributed by atoms with Crippen LogP contribution in [-0.4, -0.2) is 28.1 Å². The number of halogens is 1. The van der Waals surface area contributed by atoms with Crippen molar-refractivity contribution in [2.24, 2.45) is 0 Å². The van der Waals surface area contributed by atoms with E-state index >= 15 is 0 Å². The number of imide groups is 1. The van der Waals surface area contributed by atoms with E-state index in [0.717, 1.165) is 16.7 Å². The number of benzene rings is 2. The number of nitro benzene ring substituents is 1. The molecule has 0 spiro atoms. The average Bonchev–Trinajstić information content (AvgIpc) is 2.90. The van der Waals surface area contributed by atoms with Crippen LogP contribution in [0.15, 0.2) is 47.4 Å². The smallest absolute Gasteiger partial charge is 0.311 e. The molecule has 0 radical (unpaired) electrons. The molecule has 0 unspecified atom stereocenters. The molecule has 1 aliphatic rings. The number of amides is 2. The summed E-state index contributed by atoms with van der Waals surface area (Å²) in [6, 6.07) is 9.74. The highest BCUT2D eigenvalue weighted by molar-refractivity contribution is 8.18. The maximum Gasteiger partial charge on any atom is 0.311 e. The first-order valence-electron chi connectivity index (χ1n) is 7.71. The van der Waals surface area contributed by atoms with Gasteiger partial charge in [-0.1, -0.05) is 18.2 Å². The second-order valence-electron chi connectivity index (χ2n) is 5.58. The Labute approximate surface area is 157 Å². The Morgan fingerprint density at radius 2 is 1.93 bits per heavy atom. The van der Waals surface area contributed by atoms with Gasteiger partial charge in [-0.2, -0.15) is 0 Å². The lowest BCUT2D eigenvalue weighted by molar-refractivity contribution is -0.385. The molecule has 0 aromatic heterocycles. The third-order valence-corrected chi connectivity index (χ3v) is 4.73. The summed E-state index contributed by atoms with van der Waals surface area (Å²) in [7, 11) is 1.32. The van der Waals surface area contributed by atoms with E-state index in [0.29, 0.717) is 11.1 Å². The molecule has 2 aromatic rings. The molecule has 27 heavy (non-hydrogen) atoms. The van der Waals surface area contributed by atoms with Crippen molar-refractivity contribution in [1.29, 1.82) is 0 Å². The molecule has 1 saturated heterocycles. The first-order chi connectivity index (χ1) is 12.9. The fourth-order valence-corrected chi connectivity index (χ4v) is 3.34. The van der Waals surface area contributed by atoms with E-state index in [-0.39, 0.29) is 22.9 Å². The van der Waals surface area contributed by atoms with Crippen LogP contribution < -0.4 is 4.74 Å². The second kappa shape index (κ2) is 7.58. The molecule has 0 N–H and O–H groups in total. The van der Waals surface area contributed by atoms with Crippen LogP contribution in [0.5, 0.6) is 5.75 Å². The number of nitrogens with zero attached hydrogens (tertiary/aromatic N) is 2. The topological polar surface area (TPSA) is 89.8 Å². The van der Waals surface area contributed by atoms with Gasteiger partial charge in [0.25, 0.3) is 11.1 Å². The number of nitro groups is 1. The van der Waals surface area contributed by atoms with Crippen molar-refractivity contribution in [3.8, 4) is 5.75 Å². The number of hydrogen-bond acceptors (Lipinski definition) is 6. The molecule has 1 fully saturated rings. The molecular formula is C18H13FN2O5S. The predicted molar refractivity (Wildman–Crippen MR) is 97.6 cm³/mol. The lowest BCUT2D eigenvalue weighted by atomic mass is 10.1. The van der Waals surface area contributed by atoms with E-state index in [1.165, 1.54) is 49.6 Å².